The molecule has 3 aromatic rings. The van der Waals surface area contributed by atoms with Crippen molar-refractivity contribution in [1.82, 2.24) is 0 Å². The highest BCUT2D eigenvalue weighted by molar-refractivity contribution is 6.29. The molecule has 0 unspecified atom stereocenters. The molecule has 42 heavy (non-hydrogen) atoms. The Balaban J connectivity index is 1.45. The van der Waals surface area contributed by atoms with Crippen LogP contribution in [0, 0.1) is 27.7 Å². The Labute approximate surface area is 247 Å². The highest BCUT2D eigenvalue weighted by atomic mass is 16.2. The van der Waals surface area contributed by atoms with Crippen molar-refractivity contribution in [2.45, 2.75) is 66.2 Å². The number of amides is 4. The van der Waals surface area contributed by atoms with Crippen LogP contribution >= 0.6 is 0 Å². The second kappa shape index (κ2) is 10.1. The number of hydrogen-bond donors (Lipinski definition) is 0. The van der Waals surface area contributed by atoms with Gasteiger partial charge in [0.05, 0.1) is 11.4 Å². The molecule has 6 nitrogen and oxygen atoms in total. The van der Waals surface area contributed by atoms with Crippen molar-refractivity contribution in [2.75, 3.05) is 9.80 Å². The van der Waals surface area contributed by atoms with E-state index in [1.54, 1.807) is 0 Å². The quantitative estimate of drug-likeness (QED) is 0.326. The van der Waals surface area contributed by atoms with E-state index in [1.165, 1.54) is 34.1 Å². The first kappa shape index (κ1) is 28.9. The van der Waals surface area contributed by atoms with Gasteiger partial charge in [0, 0.05) is 35.1 Å². The van der Waals surface area contributed by atoms with Crippen LogP contribution in [0.4, 0.5) is 11.4 Å². The SMILES string of the molecule is Cc1cc(C(C)(C)c2ccc(C(C)(C)c3cc(C)c(N4C(=O)C=CC4=O)c(C)c3)cc2)cc(C)c1N1C(=O)C=CC1=O. The predicted molar refractivity (Wildman–Crippen MR) is 166 cm³/mol. The summed E-state index contributed by atoms with van der Waals surface area (Å²) in [7, 11) is 0. The standard InChI is InChI=1S/C36H36N2O4/c1-21-17-27(18-22(2)33(21)37-29(39)13-14-30(37)40)35(5,6)25-9-11-26(12-10-25)36(7,8)28-19-23(3)34(24(4)20-28)38-31(41)15-16-32(38)42/h9-20H,1-8H3. The largest absolute Gasteiger partial charge is 0.269 e. The Morgan fingerprint density at radius 2 is 0.667 bits per heavy atom. The molecule has 4 amide bonds. The van der Waals surface area contributed by atoms with Gasteiger partial charge in [0.15, 0.2) is 0 Å². The lowest BCUT2D eigenvalue weighted by Crippen LogP contribution is -2.31. The zero-order valence-corrected chi connectivity index (χ0v) is 25.5. The van der Waals surface area contributed by atoms with E-state index in [0.29, 0.717) is 11.4 Å². The van der Waals surface area contributed by atoms with Gasteiger partial charge < -0.3 is 0 Å². The molecule has 214 valence electrons. The molecule has 0 aliphatic carbocycles. The van der Waals surface area contributed by atoms with E-state index >= 15 is 0 Å². The Kier molecular flexibility index (Phi) is 6.92. The fourth-order valence-corrected chi connectivity index (χ4v) is 6.22. The number of nitrogens with zero attached hydrogens (tertiary/aromatic N) is 2. The number of carbonyl (C=O) groups excluding carboxylic acids is 4. The van der Waals surface area contributed by atoms with Crippen molar-refractivity contribution in [3.05, 3.63) is 117 Å². The molecule has 0 saturated carbocycles. The molecule has 6 heteroatoms. The van der Waals surface area contributed by atoms with Gasteiger partial charge in [-0.25, -0.2) is 9.80 Å². The number of rotatable bonds is 6. The molecule has 0 saturated heterocycles. The van der Waals surface area contributed by atoms with Crippen molar-refractivity contribution in [2.24, 2.45) is 0 Å². The fraction of sp³-hybridized carbons (Fsp3) is 0.278. The molecule has 0 radical (unpaired) electrons. The molecule has 3 aromatic carbocycles. The lowest BCUT2D eigenvalue weighted by atomic mass is 9.73. The molecule has 2 aliphatic rings. The van der Waals surface area contributed by atoms with E-state index < -0.39 is 0 Å². The summed E-state index contributed by atoms with van der Waals surface area (Å²) in [4.78, 5) is 51.8. The molecule has 0 fully saturated rings. The zero-order chi connectivity index (χ0) is 30.7. The average Bonchev–Trinajstić information content (AvgIpc) is 3.43. The van der Waals surface area contributed by atoms with Crippen molar-refractivity contribution in [1.29, 1.82) is 0 Å². The van der Waals surface area contributed by atoms with Crippen LogP contribution in [-0.2, 0) is 30.0 Å². The summed E-state index contributed by atoms with van der Waals surface area (Å²) >= 11 is 0. The maximum atomic E-state index is 12.3. The highest BCUT2D eigenvalue weighted by Crippen LogP contribution is 2.40. The first-order valence-corrected chi connectivity index (χ1v) is 14.1. The van der Waals surface area contributed by atoms with E-state index in [2.05, 4.69) is 76.2 Å². The van der Waals surface area contributed by atoms with Gasteiger partial charge in [-0.3, -0.25) is 19.2 Å². The minimum atomic E-state index is -0.328. The summed E-state index contributed by atoms with van der Waals surface area (Å²) in [6.07, 6.45) is 5.25. The lowest BCUT2D eigenvalue weighted by Gasteiger charge is -2.31. The molecule has 2 heterocycles. The van der Waals surface area contributed by atoms with Crippen LogP contribution in [0.5, 0.6) is 0 Å². The van der Waals surface area contributed by atoms with E-state index in [4.69, 9.17) is 0 Å². The summed E-state index contributed by atoms with van der Waals surface area (Å²) in [6.45, 7) is 16.5. The predicted octanol–water partition coefficient (Wildman–Crippen LogP) is 6.43. The Morgan fingerprint density at radius 3 is 0.905 bits per heavy atom. The van der Waals surface area contributed by atoms with Crippen LogP contribution in [-0.4, -0.2) is 23.6 Å². The van der Waals surface area contributed by atoms with Crippen LogP contribution in [0.2, 0.25) is 0 Å². The van der Waals surface area contributed by atoms with Crippen molar-refractivity contribution < 1.29 is 19.2 Å². The van der Waals surface area contributed by atoms with Crippen molar-refractivity contribution in [3.63, 3.8) is 0 Å². The highest BCUT2D eigenvalue weighted by Gasteiger charge is 2.33. The van der Waals surface area contributed by atoms with Gasteiger partial charge in [-0.1, -0.05) is 76.2 Å². The molecule has 0 atom stereocenters. The molecule has 5 rings (SSSR count). The molecule has 0 N–H and O–H groups in total. The van der Waals surface area contributed by atoms with Gasteiger partial charge in [0.1, 0.15) is 0 Å². The summed E-state index contributed by atoms with van der Waals surface area (Å²) in [5.41, 5.74) is 8.65. The minimum absolute atomic E-state index is 0.313. The minimum Gasteiger partial charge on any atom is -0.269 e. The maximum Gasteiger partial charge on any atom is 0.258 e. The van der Waals surface area contributed by atoms with Crippen molar-refractivity contribution >= 4 is 35.0 Å². The summed E-state index contributed by atoms with van der Waals surface area (Å²) < 4.78 is 0. The Morgan fingerprint density at radius 1 is 0.429 bits per heavy atom. The average molecular weight is 561 g/mol. The molecular formula is C36H36N2O4. The molecule has 0 bridgehead atoms. The van der Waals surface area contributed by atoms with Gasteiger partial charge in [0.2, 0.25) is 0 Å². The lowest BCUT2D eigenvalue weighted by molar-refractivity contribution is -0.121. The number of imide groups is 2. The van der Waals surface area contributed by atoms with Gasteiger partial charge in [-0.15, -0.1) is 0 Å². The normalized spacial score (nSPS) is 15.5. The van der Waals surface area contributed by atoms with Crippen LogP contribution < -0.4 is 9.80 Å². The van der Waals surface area contributed by atoms with E-state index in [0.717, 1.165) is 44.5 Å². The molecular weight excluding hydrogens is 524 g/mol. The van der Waals surface area contributed by atoms with Gasteiger partial charge in [-0.05, 0) is 72.2 Å². The number of carbonyl (C=O) groups is 4. The maximum absolute atomic E-state index is 12.3. The third-order valence-electron chi connectivity index (χ3n) is 8.82. The molecule has 0 spiro atoms. The summed E-state index contributed by atoms with van der Waals surface area (Å²) in [5.74, 6) is -1.25. The van der Waals surface area contributed by atoms with Gasteiger partial charge >= 0.3 is 0 Å². The summed E-state index contributed by atoms with van der Waals surface area (Å²) in [6, 6.07) is 16.9. The summed E-state index contributed by atoms with van der Waals surface area (Å²) in [5, 5.41) is 0. The second-order valence-electron chi connectivity index (χ2n) is 12.4. The second-order valence-corrected chi connectivity index (χ2v) is 12.4. The van der Waals surface area contributed by atoms with Crippen LogP contribution in [0.3, 0.4) is 0 Å². The fourth-order valence-electron chi connectivity index (χ4n) is 6.22. The van der Waals surface area contributed by atoms with Crippen molar-refractivity contribution in [3.8, 4) is 0 Å². The third kappa shape index (κ3) is 4.61. The Bertz CT molecular complexity index is 1530. The Hall–Kier alpha value is -4.58. The topological polar surface area (TPSA) is 74.8 Å². The number of hydrogen-bond acceptors (Lipinski definition) is 4. The smallest absolute Gasteiger partial charge is 0.258 e. The number of aryl methyl sites for hydroxylation is 4. The van der Waals surface area contributed by atoms with Crippen LogP contribution in [0.25, 0.3) is 0 Å². The van der Waals surface area contributed by atoms with Crippen LogP contribution in [0.15, 0.2) is 72.8 Å². The molecule has 2 aliphatic heterocycles. The van der Waals surface area contributed by atoms with Crippen LogP contribution in [0.1, 0.15) is 72.2 Å². The van der Waals surface area contributed by atoms with E-state index in [1.807, 2.05) is 27.7 Å². The third-order valence-corrected chi connectivity index (χ3v) is 8.82. The molecule has 0 aromatic heterocycles. The van der Waals surface area contributed by atoms with Gasteiger partial charge in [-0.2, -0.15) is 0 Å². The van der Waals surface area contributed by atoms with E-state index in [9.17, 15) is 19.2 Å². The zero-order valence-electron chi connectivity index (χ0n) is 25.5. The van der Waals surface area contributed by atoms with E-state index in [-0.39, 0.29) is 34.5 Å². The first-order chi connectivity index (χ1) is 19.6. The monoisotopic (exact) mass is 560 g/mol. The van der Waals surface area contributed by atoms with Gasteiger partial charge in [0.25, 0.3) is 23.6 Å². The number of benzene rings is 3. The number of anilines is 2. The first-order valence-electron chi connectivity index (χ1n) is 14.1.